The van der Waals surface area contributed by atoms with E-state index >= 15 is 0 Å². The maximum atomic E-state index is 3.78. The van der Waals surface area contributed by atoms with Crippen molar-refractivity contribution in [3.8, 4) is 0 Å². The molecule has 2 heteroatoms. The zero-order valence-electron chi connectivity index (χ0n) is 9.55. The Morgan fingerprint density at radius 2 is 1.93 bits per heavy atom. The van der Waals surface area contributed by atoms with Crippen LogP contribution in [0.3, 0.4) is 0 Å². The Morgan fingerprint density at radius 3 is 2.50 bits per heavy atom. The summed E-state index contributed by atoms with van der Waals surface area (Å²) in [6.07, 6.45) is 8.14. The molecule has 0 spiro atoms. The summed E-state index contributed by atoms with van der Waals surface area (Å²) in [6.45, 7) is 4.59. The van der Waals surface area contributed by atoms with E-state index in [1.165, 1.54) is 38.5 Å². The van der Waals surface area contributed by atoms with Crippen molar-refractivity contribution < 1.29 is 0 Å². The molecule has 0 aliphatic carbocycles. The number of fused-ring (bicyclic) bond motifs is 2. The second-order valence-corrected chi connectivity index (χ2v) is 5.16. The van der Waals surface area contributed by atoms with Gasteiger partial charge >= 0.3 is 0 Å². The Morgan fingerprint density at radius 1 is 1.29 bits per heavy atom. The lowest BCUT2D eigenvalue weighted by Gasteiger charge is -2.32. The molecule has 3 unspecified atom stereocenters. The Hall–Kier alpha value is -0.0800. The molecule has 2 aliphatic rings. The van der Waals surface area contributed by atoms with Gasteiger partial charge in [-0.15, -0.1) is 0 Å². The average Bonchev–Trinajstić information content (AvgIpc) is 2.46. The van der Waals surface area contributed by atoms with Gasteiger partial charge in [0.05, 0.1) is 0 Å². The lowest BCUT2D eigenvalue weighted by Crippen LogP contribution is -2.48. The first-order valence-electron chi connectivity index (χ1n) is 6.30. The standard InChI is InChI=1S/C12H24N2/c1-3-4-9(2)13-12-7-10-5-6-11(8-12)14-10/h9-14H,3-8H2,1-2H3. The van der Waals surface area contributed by atoms with Gasteiger partial charge in [0.15, 0.2) is 0 Å². The smallest absolute Gasteiger partial charge is 0.00991 e. The zero-order valence-corrected chi connectivity index (χ0v) is 9.55. The van der Waals surface area contributed by atoms with Crippen molar-refractivity contribution in [3.05, 3.63) is 0 Å². The van der Waals surface area contributed by atoms with Crippen LogP contribution in [0.1, 0.15) is 52.4 Å². The molecular formula is C12H24N2. The van der Waals surface area contributed by atoms with Crippen LogP contribution in [-0.4, -0.2) is 24.2 Å². The second kappa shape index (κ2) is 4.63. The van der Waals surface area contributed by atoms with E-state index in [9.17, 15) is 0 Å². The monoisotopic (exact) mass is 196 g/mol. The van der Waals surface area contributed by atoms with Gasteiger partial charge in [-0.2, -0.15) is 0 Å². The average molecular weight is 196 g/mol. The second-order valence-electron chi connectivity index (χ2n) is 5.16. The summed E-state index contributed by atoms with van der Waals surface area (Å²) in [7, 11) is 0. The molecule has 2 fully saturated rings. The van der Waals surface area contributed by atoms with Crippen LogP contribution in [0.15, 0.2) is 0 Å². The SMILES string of the molecule is CCCC(C)NC1CC2CCC(C1)N2. The predicted octanol–water partition coefficient (Wildman–Crippen LogP) is 2.05. The topological polar surface area (TPSA) is 24.1 Å². The molecule has 2 nitrogen and oxygen atoms in total. The van der Waals surface area contributed by atoms with Crippen molar-refractivity contribution in [2.75, 3.05) is 0 Å². The van der Waals surface area contributed by atoms with E-state index in [4.69, 9.17) is 0 Å². The fourth-order valence-corrected chi connectivity index (χ4v) is 3.11. The largest absolute Gasteiger partial charge is 0.311 e. The first kappa shape index (κ1) is 10.4. The lowest BCUT2D eigenvalue weighted by molar-refractivity contribution is 0.294. The van der Waals surface area contributed by atoms with Gasteiger partial charge in [0.25, 0.3) is 0 Å². The Balaban J connectivity index is 1.76. The summed E-state index contributed by atoms with van der Waals surface area (Å²) in [4.78, 5) is 0. The molecule has 2 bridgehead atoms. The van der Waals surface area contributed by atoms with Crippen molar-refractivity contribution in [2.45, 2.75) is 76.5 Å². The van der Waals surface area contributed by atoms with Crippen molar-refractivity contribution in [2.24, 2.45) is 0 Å². The molecule has 0 saturated carbocycles. The third-order valence-electron chi connectivity index (χ3n) is 3.71. The quantitative estimate of drug-likeness (QED) is 0.719. The van der Waals surface area contributed by atoms with E-state index < -0.39 is 0 Å². The van der Waals surface area contributed by atoms with Gasteiger partial charge in [-0.1, -0.05) is 13.3 Å². The van der Waals surface area contributed by atoms with E-state index in [2.05, 4.69) is 24.5 Å². The molecule has 0 aromatic rings. The van der Waals surface area contributed by atoms with Crippen LogP contribution >= 0.6 is 0 Å². The van der Waals surface area contributed by atoms with Gasteiger partial charge in [-0.05, 0) is 39.0 Å². The summed E-state index contributed by atoms with van der Waals surface area (Å²) in [5.41, 5.74) is 0. The maximum Gasteiger partial charge on any atom is 0.00991 e. The third-order valence-corrected chi connectivity index (χ3v) is 3.71. The summed E-state index contributed by atoms with van der Waals surface area (Å²) in [5.74, 6) is 0. The van der Waals surface area contributed by atoms with Gasteiger partial charge < -0.3 is 10.6 Å². The predicted molar refractivity (Wildman–Crippen MR) is 60.5 cm³/mol. The Bertz CT molecular complexity index is 169. The highest BCUT2D eigenvalue weighted by molar-refractivity contribution is 4.95. The molecule has 0 aromatic carbocycles. The fraction of sp³-hybridized carbons (Fsp3) is 1.00. The van der Waals surface area contributed by atoms with Crippen LogP contribution in [0.4, 0.5) is 0 Å². The van der Waals surface area contributed by atoms with Crippen LogP contribution in [0.5, 0.6) is 0 Å². The van der Waals surface area contributed by atoms with Crippen LogP contribution in [-0.2, 0) is 0 Å². The lowest BCUT2D eigenvalue weighted by atomic mass is 9.98. The number of rotatable bonds is 4. The van der Waals surface area contributed by atoms with Crippen LogP contribution in [0.25, 0.3) is 0 Å². The highest BCUT2D eigenvalue weighted by Crippen LogP contribution is 2.27. The number of hydrogen-bond acceptors (Lipinski definition) is 2. The molecule has 14 heavy (non-hydrogen) atoms. The van der Waals surface area contributed by atoms with E-state index in [0.29, 0.717) is 6.04 Å². The normalized spacial score (nSPS) is 38.6. The highest BCUT2D eigenvalue weighted by atomic mass is 15.1. The van der Waals surface area contributed by atoms with Crippen molar-refractivity contribution in [1.82, 2.24) is 10.6 Å². The van der Waals surface area contributed by atoms with E-state index in [1.54, 1.807) is 0 Å². The Kier molecular flexibility index (Phi) is 3.45. The van der Waals surface area contributed by atoms with Gasteiger partial charge in [0.2, 0.25) is 0 Å². The minimum absolute atomic E-state index is 0.711. The molecule has 0 amide bonds. The number of nitrogens with one attached hydrogen (secondary N) is 2. The van der Waals surface area contributed by atoms with Crippen molar-refractivity contribution in [3.63, 3.8) is 0 Å². The number of hydrogen-bond donors (Lipinski definition) is 2. The van der Waals surface area contributed by atoms with E-state index in [0.717, 1.165) is 18.1 Å². The van der Waals surface area contributed by atoms with E-state index in [1.807, 2.05) is 0 Å². The minimum Gasteiger partial charge on any atom is -0.311 e. The highest BCUT2D eigenvalue weighted by Gasteiger charge is 2.33. The van der Waals surface area contributed by atoms with Gasteiger partial charge in [0.1, 0.15) is 0 Å². The zero-order chi connectivity index (χ0) is 9.97. The molecule has 2 N–H and O–H groups in total. The molecule has 82 valence electrons. The van der Waals surface area contributed by atoms with Gasteiger partial charge in [-0.25, -0.2) is 0 Å². The summed E-state index contributed by atoms with van der Waals surface area (Å²) < 4.78 is 0. The molecule has 2 rings (SSSR count). The first-order valence-corrected chi connectivity index (χ1v) is 6.30. The van der Waals surface area contributed by atoms with Crippen molar-refractivity contribution >= 4 is 0 Å². The summed E-state index contributed by atoms with van der Waals surface area (Å²) in [5, 5.41) is 7.47. The first-order chi connectivity index (χ1) is 6.78. The van der Waals surface area contributed by atoms with Gasteiger partial charge in [0, 0.05) is 24.2 Å². The summed E-state index contributed by atoms with van der Waals surface area (Å²) >= 11 is 0. The van der Waals surface area contributed by atoms with Gasteiger partial charge in [-0.3, -0.25) is 0 Å². The van der Waals surface area contributed by atoms with Crippen LogP contribution < -0.4 is 10.6 Å². The van der Waals surface area contributed by atoms with Crippen LogP contribution in [0.2, 0.25) is 0 Å². The molecule has 2 heterocycles. The third kappa shape index (κ3) is 2.48. The van der Waals surface area contributed by atoms with E-state index in [-0.39, 0.29) is 0 Å². The fourth-order valence-electron chi connectivity index (χ4n) is 3.11. The number of piperidine rings is 1. The minimum atomic E-state index is 0.711. The molecule has 2 saturated heterocycles. The maximum absolute atomic E-state index is 3.78. The van der Waals surface area contributed by atoms with Crippen molar-refractivity contribution in [1.29, 1.82) is 0 Å². The molecule has 3 atom stereocenters. The Labute approximate surface area is 87.8 Å². The molecule has 0 aromatic heterocycles. The summed E-state index contributed by atoms with van der Waals surface area (Å²) in [6, 6.07) is 3.14. The molecule has 2 aliphatic heterocycles. The molecule has 0 radical (unpaired) electrons. The molecular weight excluding hydrogens is 172 g/mol. The van der Waals surface area contributed by atoms with Crippen LogP contribution in [0, 0.1) is 0 Å².